The number of hydrogen-bond donors (Lipinski definition) is 2. The molecule has 9 nitrogen and oxygen atoms in total. The monoisotopic (exact) mass is 393 g/mol. The van der Waals surface area contributed by atoms with Crippen molar-refractivity contribution >= 4 is 23.2 Å². The Morgan fingerprint density at radius 2 is 1.76 bits per heavy atom. The molecule has 0 unspecified atom stereocenters. The number of amides is 2. The summed E-state index contributed by atoms with van der Waals surface area (Å²) in [6.07, 6.45) is 2.12. The van der Waals surface area contributed by atoms with Crippen LogP contribution in [-0.4, -0.2) is 39.3 Å². The zero-order chi connectivity index (χ0) is 20.2. The first-order valence-corrected chi connectivity index (χ1v) is 9.04. The average molecular weight is 393 g/mol. The van der Waals surface area contributed by atoms with Gasteiger partial charge in [-0.05, 0) is 43.3 Å². The summed E-state index contributed by atoms with van der Waals surface area (Å²) < 4.78 is 12.7. The van der Waals surface area contributed by atoms with Crippen LogP contribution in [0.2, 0.25) is 0 Å². The summed E-state index contributed by atoms with van der Waals surface area (Å²) in [5.74, 6) is 0.630. The smallest absolute Gasteiger partial charge is 0.269 e. The first kappa shape index (κ1) is 18.5. The fourth-order valence-corrected chi connectivity index (χ4v) is 2.79. The van der Waals surface area contributed by atoms with Crippen LogP contribution in [-0.2, 0) is 9.59 Å². The quantitative estimate of drug-likeness (QED) is 0.689. The first-order valence-electron chi connectivity index (χ1n) is 9.04. The van der Waals surface area contributed by atoms with Gasteiger partial charge in [-0.25, -0.2) is 9.67 Å². The van der Waals surface area contributed by atoms with Crippen molar-refractivity contribution in [2.24, 2.45) is 0 Å². The summed E-state index contributed by atoms with van der Waals surface area (Å²) in [4.78, 5) is 28.6. The number of carbonyl (C=O) groups excluding carboxylic acids is 2. The second-order valence-electron chi connectivity index (χ2n) is 6.47. The van der Waals surface area contributed by atoms with E-state index in [4.69, 9.17) is 9.47 Å². The van der Waals surface area contributed by atoms with Crippen molar-refractivity contribution in [2.45, 2.75) is 19.1 Å². The number of anilines is 2. The summed E-state index contributed by atoms with van der Waals surface area (Å²) in [7, 11) is 0. The molecule has 0 spiro atoms. The Hall–Kier alpha value is -3.88. The Morgan fingerprint density at radius 1 is 1.07 bits per heavy atom. The predicted octanol–water partition coefficient (Wildman–Crippen LogP) is 2.26. The number of aromatic nitrogens is 3. The summed E-state index contributed by atoms with van der Waals surface area (Å²) in [5, 5.41) is 9.55. The largest absolute Gasteiger partial charge is 0.485 e. The van der Waals surface area contributed by atoms with Crippen LogP contribution in [0.25, 0.3) is 0 Å². The van der Waals surface area contributed by atoms with Crippen LogP contribution < -0.4 is 20.1 Å². The van der Waals surface area contributed by atoms with E-state index in [2.05, 4.69) is 20.7 Å². The van der Waals surface area contributed by atoms with E-state index >= 15 is 0 Å². The molecule has 3 aromatic rings. The lowest BCUT2D eigenvalue weighted by molar-refractivity contribution is -0.125. The molecule has 0 radical (unpaired) electrons. The molecule has 1 aromatic heterocycles. The van der Waals surface area contributed by atoms with E-state index < -0.39 is 12.1 Å². The van der Waals surface area contributed by atoms with Gasteiger partial charge in [0, 0.05) is 11.4 Å². The number of carbonyl (C=O) groups is 2. The lowest BCUT2D eigenvalue weighted by Crippen LogP contribution is -2.40. The summed E-state index contributed by atoms with van der Waals surface area (Å²) in [6.45, 7) is 1.86. The molecule has 9 heteroatoms. The van der Waals surface area contributed by atoms with Gasteiger partial charge in [0.25, 0.3) is 5.91 Å². The van der Waals surface area contributed by atoms with Gasteiger partial charge in [-0.3, -0.25) is 9.59 Å². The molecule has 4 rings (SSSR count). The normalized spacial score (nSPS) is 16.0. The molecule has 2 amide bonds. The third kappa shape index (κ3) is 4.18. The van der Waals surface area contributed by atoms with Crippen LogP contribution >= 0.6 is 0 Å². The average Bonchev–Trinajstić information content (AvgIpc) is 3.29. The second-order valence-corrected chi connectivity index (χ2v) is 6.47. The van der Waals surface area contributed by atoms with Crippen LogP contribution in [0.4, 0.5) is 11.4 Å². The van der Waals surface area contributed by atoms with Crippen molar-refractivity contribution in [2.75, 3.05) is 17.2 Å². The Labute approximate surface area is 166 Å². The molecule has 2 N–H and O–H groups in total. The van der Waals surface area contributed by atoms with E-state index in [9.17, 15) is 9.59 Å². The molecule has 29 heavy (non-hydrogen) atoms. The van der Waals surface area contributed by atoms with E-state index in [1.165, 1.54) is 17.3 Å². The minimum atomic E-state index is -0.743. The third-order valence-corrected chi connectivity index (χ3v) is 4.43. The summed E-state index contributed by atoms with van der Waals surface area (Å²) in [6, 6.07) is 13.5. The van der Waals surface area contributed by atoms with Gasteiger partial charge in [0.1, 0.15) is 25.3 Å². The van der Waals surface area contributed by atoms with Crippen LogP contribution in [0.5, 0.6) is 11.5 Å². The van der Waals surface area contributed by atoms with Gasteiger partial charge in [0.05, 0.1) is 0 Å². The summed E-state index contributed by atoms with van der Waals surface area (Å²) in [5.41, 5.74) is 1.19. The number of benzene rings is 2. The molecule has 1 aliphatic heterocycles. The first-order chi connectivity index (χ1) is 14.1. The predicted molar refractivity (Wildman–Crippen MR) is 105 cm³/mol. The van der Waals surface area contributed by atoms with Crippen LogP contribution in [0.1, 0.15) is 13.0 Å². The van der Waals surface area contributed by atoms with Crippen molar-refractivity contribution in [3.05, 3.63) is 61.2 Å². The van der Waals surface area contributed by atoms with Gasteiger partial charge >= 0.3 is 0 Å². The Bertz CT molecular complexity index is 1000. The van der Waals surface area contributed by atoms with E-state index in [0.717, 1.165) is 0 Å². The molecule has 1 aliphatic rings. The maximum atomic E-state index is 12.5. The topological polar surface area (TPSA) is 107 Å². The highest BCUT2D eigenvalue weighted by Crippen LogP contribution is 2.31. The highest BCUT2D eigenvalue weighted by molar-refractivity contribution is 5.96. The minimum Gasteiger partial charge on any atom is -0.485 e. The maximum Gasteiger partial charge on any atom is 0.269 e. The van der Waals surface area contributed by atoms with Gasteiger partial charge in [-0.1, -0.05) is 12.1 Å². The van der Waals surface area contributed by atoms with Crippen LogP contribution in [0, 0.1) is 0 Å². The standard InChI is InChI=1S/C20H19N5O4/c1-13(25-12-21-11-22-25)19(26)23-14-6-8-15(9-7-14)24-20(27)18-10-28-16-4-2-3-5-17(16)29-18/h2-9,11-13,18H,10H2,1H3,(H,23,26)(H,24,27)/t13-,18-/m0/s1. The number of para-hydroxylation sites is 2. The van der Waals surface area contributed by atoms with Crippen molar-refractivity contribution in [1.82, 2.24) is 14.8 Å². The lowest BCUT2D eigenvalue weighted by atomic mass is 10.2. The highest BCUT2D eigenvalue weighted by atomic mass is 16.6. The Morgan fingerprint density at radius 3 is 2.45 bits per heavy atom. The number of hydrogen-bond acceptors (Lipinski definition) is 6. The van der Waals surface area contributed by atoms with Crippen LogP contribution in [0.15, 0.2) is 61.2 Å². The van der Waals surface area contributed by atoms with Crippen molar-refractivity contribution in [3.8, 4) is 11.5 Å². The van der Waals surface area contributed by atoms with Gasteiger partial charge in [0.15, 0.2) is 11.5 Å². The number of fused-ring (bicyclic) bond motifs is 1. The molecular formula is C20H19N5O4. The minimum absolute atomic E-state index is 0.136. The molecular weight excluding hydrogens is 374 g/mol. The fourth-order valence-electron chi connectivity index (χ4n) is 2.79. The fraction of sp³-hybridized carbons (Fsp3) is 0.200. The number of nitrogens with one attached hydrogen (secondary N) is 2. The maximum absolute atomic E-state index is 12.5. The zero-order valence-corrected chi connectivity index (χ0v) is 15.6. The number of nitrogens with zero attached hydrogens (tertiary/aromatic N) is 3. The Balaban J connectivity index is 1.34. The van der Waals surface area contributed by atoms with E-state index in [1.807, 2.05) is 12.1 Å². The third-order valence-electron chi connectivity index (χ3n) is 4.43. The van der Waals surface area contributed by atoms with Gasteiger partial charge < -0.3 is 20.1 Å². The molecule has 2 heterocycles. The van der Waals surface area contributed by atoms with E-state index in [-0.39, 0.29) is 18.4 Å². The molecule has 0 aliphatic carbocycles. The van der Waals surface area contributed by atoms with Gasteiger partial charge in [0.2, 0.25) is 12.0 Å². The van der Waals surface area contributed by atoms with Crippen molar-refractivity contribution in [3.63, 3.8) is 0 Å². The lowest BCUT2D eigenvalue weighted by Gasteiger charge is -2.25. The molecule has 2 atom stereocenters. The SMILES string of the molecule is C[C@@H](C(=O)Nc1ccc(NC(=O)[C@@H]2COc3ccccc3O2)cc1)n1cncn1. The van der Waals surface area contributed by atoms with Crippen LogP contribution in [0.3, 0.4) is 0 Å². The number of rotatable bonds is 5. The molecule has 0 fully saturated rings. The number of ether oxygens (including phenoxy) is 2. The Kier molecular flexibility index (Phi) is 5.10. The van der Waals surface area contributed by atoms with Crippen molar-refractivity contribution in [1.29, 1.82) is 0 Å². The molecule has 0 bridgehead atoms. The van der Waals surface area contributed by atoms with Crippen molar-refractivity contribution < 1.29 is 19.1 Å². The van der Waals surface area contributed by atoms with E-state index in [0.29, 0.717) is 22.9 Å². The van der Waals surface area contributed by atoms with Gasteiger partial charge in [-0.2, -0.15) is 5.10 Å². The molecule has 0 saturated carbocycles. The van der Waals surface area contributed by atoms with Gasteiger partial charge in [-0.15, -0.1) is 0 Å². The molecule has 2 aromatic carbocycles. The van der Waals surface area contributed by atoms with E-state index in [1.54, 1.807) is 43.3 Å². The second kappa shape index (κ2) is 8.01. The molecule has 0 saturated heterocycles. The zero-order valence-electron chi connectivity index (χ0n) is 15.6. The summed E-state index contributed by atoms with van der Waals surface area (Å²) >= 11 is 0. The molecule has 148 valence electrons. The highest BCUT2D eigenvalue weighted by Gasteiger charge is 2.27.